The molecule has 1 aliphatic heterocycles. The number of nitrogens with zero attached hydrogens (tertiary/aromatic N) is 1. The van der Waals surface area contributed by atoms with E-state index in [4.69, 9.17) is 5.11 Å². The van der Waals surface area contributed by atoms with E-state index >= 15 is 0 Å². The average molecular weight is 214 g/mol. The molecule has 0 aliphatic carbocycles. The van der Waals surface area contributed by atoms with Gasteiger partial charge in [0.15, 0.2) is 0 Å². The molecular weight excluding hydrogens is 188 g/mol. The number of hydrogen-bond acceptors (Lipinski definition) is 3. The molecule has 1 rings (SSSR count). The summed E-state index contributed by atoms with van der Waals surface area (Å²) in [6.45, 7) is 7.81. The Kier molecular flexibility index (Phi) is 5.03. The lowest BCUT2D eigenvalue weighted by Crippen LogP contribution is -2.43. The van der Waals surface area contributed by atoms with Crippen molar-refractivity contribution in [2.24, 2.45) is 5.92 Å². The predicted molar refractivity (Wildman–Crippen MR) is 64.0 cm³/mol. The van der Waals surface area contributed by atoms with E-state index in [0.29, 0.717) is 0 Å². The minimum absolute atomic E-state index is 0.120. The van der Waals surface area contributed by atoms with Gasteiger partial charge in [0, 0.05) is 5.54 Å². The van der Waals surface area contributed by atoms with Crippen LogP contribution in [-0.4, -0.2) is 48.8 Å². The summed E-state index contributed by atoms with van der Waals surface area (Å²) in [6, 6.07) is 0. The fourth-order valence-corrected chi connectivity index (χ4v) is 2.02. The highest BCUT2D eigenvalue weighted by Gasteiger charge is 2.18. The van der Waals surface area contributed by atoms with Crippen LogP contribution in [0.15, 0.2) is 0 Å². The van der Waals surface area contributed by atoms with Crippen molar-refractivity contribution in [2.45, 2.75) is 38.6 Å². The van der Waals surface area contributed by atoms with Crippen molar-refractivity contribution in [1.29, 1.82) is 0 Å². The lowest BCUT2D eigenvalue weighted by Gasteiger charge is -2.30. The Hall–Kier alpha value is -0.120. The normalized spacial score (nSPS) is 20.8. The van der Waals surface area contributed by atoms with E-state index in [1.165, 1.54) is 32.4 Å². The fourth-order valence-electron chi connectivity index (χ4n) is 2.02. The van der Waals surface area contributed by atoms with Crippen LogP contribution < -0.4 is 5.32 Å². The van der Waals surface area contributed by atoms with Crippen molar-refractivity contribution in [3.05, 3.63) is 0 Å². The number of piperidine rings is 1. The molecule has 1 heterocycles. The van der Waals surface area contributed by atoms with Gasteiger partial charge in [-0.3, -0.25) is 0 Å². The van der Waals surface area contributed by atoms with E-state index in [1.54, 1.807) is 0 Å². The molecule has 0 aromatic heterocycles. The van der Waals surface area contributed by atoms with Crippen molar-refractivity contribution in [3.63, 3.8) is 0 Å². The zero-order chi connectivity index (χ0) is 11.3. The van der Waals surface area contributed by atoms with Crippen LogP contribution >= 0.6 is 0 Å². The quantitative estimate of drug-likeness (QED) is 0.719. The summed E-state index contributed by atoms with van der Waals surface area (Å²) in [5, 5.41) is 12.5. The molecule has 0 aromatic rings. The summed E-state index contributed by atoms with van der Waals surface area (Å²) < 4.78 is 0. The van der Waals surface area contributed by atoms with Gasteiger partial charge in [0.1, 0.15) is 0 Å². The molecule has 0 atom stereocenters. The lowest BCUT2D eigenvalue weighted by atomic mass is 9.93. The Balaban J connectivity index is 2.10. The molecule has 0 radical (unpaired) electrons. The van der Waals surface area contributed by atoms with Gasteiger partial charge < -0.3 is 15.3 Å². The van der Waals surface area contributed by atoms with Gasteiger partial charge in [-0.1, -0.05) is 0 Å². The van der Waals surface area contributed by atoms with Crippen molar-refractivity contribution in [2.75, 3.05) is 33.3 Å². The maximum absolute atomic E-state index is 9.10. The maximum Gasteiger partial charge on any atom is 0.0607 e. The second-order valence-corrected chi connectivity index (χ2v) is 5.50. The Bertz CT molecular complexity index is 174. The molecule has 0 amide bonds. The highest BCUT2D eigenvalue weighted by atomic mass is 16.3. The molecule has 0 spiro atoms. The third-order valence-corrected chi connectivity index (χ3v) is 3.39. The van der Waals surface area contributed by atoms with E-state index in [1.807, 2.05) is 13.8 Å². The molecule has 2 N–H and O–H groups in total. The third kappa shape index (κ3) is 4.96. The average Bonchev–Trinajstić information content (AvgIpc) is 2.21. The summed E-state index contributed by atoms with van der Waals surface area (Å²) in [7, 11) is 2.20. The number of aliphatic hydroxyl groups excluding tert-OH is 1. The second-order valence-electron chi connectivity index (χ2n) is 5.50. The van der Waals surface area contributed by atoms with Crippen LogP contribution in [0.5, 0.6) is 0 Å². The number of rotatable bonds is 5. The first kappa shape index (κ1) is 12.9. The molecule has 3 nitrogen and oxygen atoms in total. The molecule has 90 valence electrons. The summed E-state index contributed by atoms with van der Waals surface area (Å²) in [5.74, 6) is 0.878. The molecule has 0 aromatic carbocycles. The van der Waals surface area contributed by atoms with Crippen LogP contribution in [0, 0.1) is 5.92 Å². The zero-order valence-electron chi connectivity index (χ0n) is 10.4. The van der Waals surface area contributed by atoms with E-state index in [0.717, 1.165) is 12.5 Å². The summed E-state index contributed by atoms with van der Waals surface area (Å²) in [4.78, 5) is 2.40. The van der Waals surface area contributed by atoms with Crippen molar-refractivity contribution < 1.29 is 5.11 Å². The molecule has 1 fully saturated rings. The minimum atomic E-state index is -0.120. The van der Waals surface area contributed by atoms with Gasteiger partial charge in [0.05, 0.1) is 6.61 Å². The second kappa shape index (κ2) is 5.83. The SMILES string of the molecule is CN1CCC(CCNC(C)(C)CO)CC1. The van der Waals surface area contributed by atoms with Crippen LogP contribution in [0.25, 0.3) is 0 Å². The summed E-state index contributed by atoms with van der Waals surface area (Å²) in [5.41, 5.74) is -0.120. The van der Waals surface area contributed by atoms with E-state index in [-0.39, 0.29) is 12.1 Å². The summed E-state index contributed by atoms with van der Waals surface area (Å²) >= 11 is 0. The largest absolute Gasteiger partial charge is 0.394 e. The highest BCUT2D eigenvalue weighted by molar-refractivity contribution is 4.77. The van der Waals surface area contributed by atoms with Crippen LogP contribution in [0.2, 0.25) is 0 Å². The van der Waals surface area contributed by atoms with Crippen LogP contribution in [0.1, 0.15) is 33.1 Å². The van der Waals surface area contributed by atoms with Crippen LogP contribution in [0.4, 0.5) is 0 Å². The predicted octanol–water partition coefficient (Wildman–Crippen LogP) is 1.08. The van der Waals surface area contributed by atoms with Gasteiger partial charge in [-0.15, -0.1) is 0 Å². The van der Waals surface area contributed by atoms with Gasteiger partial charge in [0.25, 0.3) is 0 Å². The van der Waals surface area contributed by atoms with Gasteiger partial charge in [0.2, 0.25) is 0 Å². The van der Waals surface area contributed by atoms with E-state index in [2.05, 4.69) is 17.3 Å². The molecule has 15 heavy (non-hydrogen) atoms. The molecule has 0 saturated carbocycles. The highest BCUT2D eigenvalue weighted by Crippen LogP contribution is 2.19. The number of nitrogens with one attached hydrogen (secondary N) is 1. The third-order valence-electron chi connectivity index (χ3n) is 3.39. The molecule has 1 saturated heterocycles. The topological polar surface area (TPSA) is 35.5 Å². The number of hydrogen-bond donors (Lipinski definition) is 2. The smallest absolute Gasteiger partial charge is 0.0607 e. The first-order valence-corrected chi connectivity index (χ1v) is 6.08. The van der Waals surface area contributed by atoms with Crippen LogP contribution in [-0.2, 0) is 0 Å². The maximum atomic E-state index is 9.10. The van der Waals surface area contributed by atoms with Gasteiger partial charge in [-0.05, 0) is 65.7 Å². The van der Waals surface area contributed by atoms with Crippen molar-refractivity contribution in [1.82, 2.24) is 10.2 Å². The minimum Gasteiger partial charge on any atom is -0.394 e. The fraction of sp³-hybridized carbons (Fsp3) is 1.00. The van der Waals surface area contributed by atoms with E-state index in [9.17, 15) is 0 Å². The Labute approximate surface area is 93.9 Å². The van der Waals surface area contributed by atoms with Gasteiger partial charge in [-0.25, -0.2) is 0 Å². The standard InChI is InChI=1S/C12H26N2O/c1-12(2,10-15)13-7-4-11-5-8-14(3)9-6-11/h11,13,15H,4-10H2,1-3H3. The van der Waals surface area contributed by atoms with Crippen molar-refractivity contribution >= 4 is 0 Å². The van der Waals surface area contributed by atoms with Crippen LogP contribution in [0.3, 0.4) is 0 Å². The number of likely N-dealkylation sites (tertiary alicyclic amines) is 1. The zero-order valence-corrected chi connectivity index (χ0v) is 10.4. The number of aliphatic hydroxyl groups is 1. The molecule has 1 aliphatic rings. The molecular formula is C12H26N2O. The van der Waals surface area contributed by atoms with Gasteiger partial charge >= 0.3 is 0 Å². The Morgan fingerprint density at radius 1 is 1.33 bits per heavy atom. The monoisotopic (exact) mass is 214 g/mol. The summed E-state index contributed by atoms with van der Waals surface area (Å²) in [6.07, 6.45) is 3.91. The Morgan fingerprint density at radius 3 is 2.47 bits per heavy atom. The molecule has 0 unspecified atom stereocenters. The Morgan fingerprint density at radius 2 is 1.93 bits per heavy atom. The molecule has 3 heteroatoms. The lowest BCUT2D eigenvalue weighted by molar-refractivity contribution is 0.176. The first-order chi connectivity index (χ1) is 7.03. The van der Waals surface area contributed by atoms with Crippen molar-refractivity contribution in [3.8, 4) is 0 Å². The first-order valence-electron chi connectivity index (χ1n) is 6.08. The van der Waals surface area contributed by atoms with E-state index < -0.39 is 0 Å². The van der Waals surface area contributed by atoms with Gasteiger partial charge in [-0.2, -0.15) is 0 Å². The molecule has 0 bridgehead atoms.